The van der Waals surface area contributed by atoms with Gasteiger partial charge in [-0.3, -0.25) is 5.10 Å². The molecular formula is C9H9ClN3Na. The maximum absolute atomic E-state index is 5.81. The zero-order chi connectivity index (χ0) is 9.26. The Morgan fingerprint density at radius 2 is 1.86 bits per heavy atom. The Kier molecular flexibility index (Phi) is 4.13. The van der Waals surface area contributed by atoms with Crippen molar-refractivity contribution in [3.8, 4) is 11.3 Å². The third kappa shape index (κ3) is 2.36. The number of aromatic nitrogens is 3. The Morgan fingerprint density at radius 3 is 2.36 bits per heavy atom. The van der Waals surface area contributed by atoms with Crippen LogP contribution in [0.5, 0.6) is 0 Å². The van der Waals surface area contributed by atoms with Crippen molar-refractivity contribution in [2.24, 2.45) is 0 Å². The maximum atomic E-state index is 5.81. The molecule has 0 amide bonds. The molecule has 68 valence electrons. The third-order valence-corrected chi connectivity index (χ3v) is 2.11. The van der Waals surface area contributed by atoms with Crippen LogP contribution in [0.25, 0.3) is 11.3 Å². The van der Waals surface area contributed by atoms with E-state index >= 15 is 0 Å². The van der Waals surface area contributed by atoms with Crippen LogP contribution < -0.4 is 0 Å². The molecule has 3 nitrogen and oxygen atoms in total. The molecule has 0 aliphatic heterocycles. The fraction of sp³-hybridized carbons (Fsp3) is 0.111. The second-order valence-corrected chi connectivity index (χ2v) is 3.20. The molecule has 2 aromatic rings. The molecule has 0 aliphatic rings. The van der Waals surface area contributed by atoms with E-state index in [4.69, 9.17) is 11.6 Å². The molecular weight excluding hydrogens is 209 g/mol. The predicted octanol–water partition coefficient (Wildman–Crippen LogP) is 1.79. The Labute approximate surface area is 109 Å². The molecule has 0 spiro atoms. The van der Waals surface area contributed by atoms with Crippen LogP contribution in [0.15, 0.2) is 24.3 Å². The number of halogens is 1. The second-order valence-electron chi connectivity index (χ2n) is 2.84. The van der Waals surface area contributed by atoms with E-state index in [1.165, 1.54) is 5.56 Å². The van der Waals surface area contributed by atoms with E-state index in [0.717, 1.165) is 11.3 Å². The van der Waals surface area contributed by atoms with Crippen molar-refractivity contribution < 1.29 is 0 Å². The number of nitrogens with zero attached hydrogens (tertiary/aromatic N) is 2. The van der Waals surface area contributed by atoms with Crippen molar-refractivity contribution in [1.82, 2.24) is 15.4 Å². The number of hydrogen-bond donors (Lipinski definition) is 1. The van der Waals surface area contributed by atoms with Crippen LogP contribution in [-0.4, -0.2) is 45.0 Å². The first-order valence-corrected chi connectivity index (χ1v) is 4.29. The molecule has 1 aromatic carbocycles. The summed E-state index contributed by atoms with van der Waals surface area (Å²) in [5.74, 6) is 0. The van der Waals surface area contributed by atoms with Gasteiger partial charge in [0.15, 0.2) is 5.15 Å². The molecule has 1 aromatic heterocycles. The van der Waals surface area contributed by atoms with Crippen LogP contribution in [0.1, 0.15) is 5.56 Å². The van der Waals surface area contributed by atoms with Gasteiger partial charge in [-0.2, -0.15) is 0 Å². The summed E-state index contributed by atoms with van der Waals surface area (Å²) >= 11 is 5.81. The summed E-state index contributed by atoms with van der Waals surface area (Å²) in [6.45, 7) is 2.04. The van der Waals surface area contributed by atoms with Gasteiger partial charge in [-0.05, 0) is 6.92 Å². The summed E-state index contributed by atoms with van der Waals surface area (Å²) in [7, 11) is 0. The molecule has 0 aliphatic carbocycles. The molecule has 0 atom stereocenters. The van der Waals surface area contributed by atoms with Gasteiger partial charge in [0.05, 0.1) is 0 Å². The van der Waals surface area contributed by atoms with Crippen molar-refractivity contribution >= 4 is 41.2 Å². The zero-order valence-corrected chi connectivity index (χ0v) is 7.84. The van der Waals surface area contributed by atoms with Crippen LogP contribution in [0.4, 0.5) is 0 Å². The average Bonchev–Trinajstić information content (AvgIpc) is 2.53. The molecule has 14 heavy (non-hydrogen) atoms. The van der Waals surface area contributed by atoms with Crippen molar-refractivity contribution in [3.63, 3.8) is 0 Å². The molecule has 1 N–H and O–H groups in total. The molecule has 1 heterocycles. The van der Waals surface area contributed by atoms with E-state index in [1.54, 1.807) is 0 Å². The van der Waals surface area contributed by atoms with Gasteiger partial charge >= 0.3 is 29.6 Å². The molecule has 5 heteroatoms. The summed E-state index contributed by atoms with van der Waals surface area (Å²) < 4.78 is 0. The molecule has 0 radical (unpaired) electrons. The first-order chi connectivity index (χ1) is 6.27. The van der Waals surface area contributed by atoms with Crippen molar-refractivity contribution in [2.45, 2.75) is 6.92 Å². The first kappa shape index (κ1) is 11.7. The van der Waals surface area contributed by atoms with E-state index in [2.05, 4.69) is 15.4 Å². The number of H-pyrrole nitrogens is 1. The van der Waals surface area contributed by atoms with E-state index in [1.807, 2.05) is 31.2 Å². The summed E-state index contributed by atoms with van der Waals surface area (Å²) in [4.78, 5) is 0. The summed E-state index contributed by atoms with van der Waals surface area (Å²) in [6.07, 6.45) is 0. The minimum absolute atomic E-state index is 0. The SMILES string of the molecule is Cc1ccc(-c2[nH]nnc2Cl)cc1.[NaH]. The summed E-state index contributed by atoms with van der Waals surface area (Å²) in [5, 5.41) is 10.4. The third-order valence-electron chi connectivity index (χ3n) is 1.85. The van der Waals surface area contributed by atoms with Crippen molar-refractivity contribution in [2.75, 3.05) is 0 Å². The van der Waals surface area contributed by atoms with E-state index in [0.29, 0.717) is 5.15 Å². The monoisotopic (exact) mass is 217 g/mol. The standard InChI is InChI=1S/C9H8ClN3.Na.H/c1-6-2-4-7(5-3-6)8-9(10)12-13-11-8;;/h2-5H,1H3,(H,11,12,13);;. The van der Waals surface area contributed by atoms with Crippen LogP contribution in [0, 0.1) is 6.92 Å². The summed E-state index contributed by atoms with van der Waals surface area (Å²) in [6, 6.07) is 8.01. The van der Waals surface area contributed by atoms with Crippen LogP contribution >= 0.6 is 11.6 Å². The molecule has 0 bridgehead atoms. The zero-order valence-electron chi connectivity index (χ0n) is 7.08. The van der Waals surface area contributed by atoms with Gasteiger partial charge in [-0.25, -0.2) is 0 Å². The van der Waals surface area contributed by atoms with Crippen LogP contribution in [-0.2, 0) is 0 Å². The van der Waals surface area contributed by atoms with E-state index in [9.17, 15) is 0 Å². The quantitative estimate of drug-likeness (QED) is 0.740. The fourth-order valence-electron chi connectivity index (χ4n) is 1.12. The number of nitrogens with one attached hydrogen (secondary N) is 1. The van der Waals surface area contributed by atoms with Gasteiger partial charge in [-0.15, -0.1) is 5.10 Å². The minimum atomic E-state index is 0. The molecule has 0 fully saturated rings. The van der Waals surface area contributed by atoms with Gasteiger partial charge in [-0.1, -0.05) is 46.6 Å². The Balaban J connectivity index is 0.000000980. The number of benzene rings is 1. The normalized spacial score (nSPS) is 9.57. The van der Waals surface area contributed by atoms with Crippen molar-refractivity contribution in [1.29, 1.82) is 0 Å². The van der Waals surface area contributed by atoms with E-state index < -0.39 is 0 Å². The van der Waals surface area contributed by atoms with Crippen LogP contribution in [0.2, 0.25) is 5.15 Å². The van der Waals surface area contributed by atoms with Gasteiger partial charge in [0, 0.05) is 5.56 Å². The predicted molar refractivity (Wildman–Crippen MR) is 58.7 cm³/mol. The Hall–Kier alpha value is -0.350. The topological polar surface area (TPSA) is 41.6 Å². The van der Waals surface area contributed by atoms with Crippen LogP contribution in [0.3, 0.4) is 0 Å². The number of aryl methyl sites for hydroxylation is 1. The van der Waals surface area contributed by atoms with Gasteiger partial charge in [0.25, 0.3) is 0 Å². The second kappa shape index (κ2) is 4.94. The van der Waals surface area contributed by atoms with Gasteiger partial charge in [0.1, 0.15) is 5.69 Å². The average molecular weight is 218 g/mol. The molecule has 0 saturated carbocycles. The number of rotatable bonds is 1. The molecule has 2 rings (SSSR count). The summed E-state index contributed by atoms with van der Waals surface area (Å²) in [5.41, 5.74) is 2.98. The Morgan fingerprint density at radius 1 is 1.21 bits per heavy atom. The molecule has 0 saturated heterocycles. The van der Waals surface area contributed by atoms with E-state index in [-0.39, 0.29) is 29.6 Å². The first-order valence-electron chi connectivity index (χ1n) is 3.91. The van der Waals surface area contributed by atoms with Crippen molar-refractivity contribution in [3.05, 3.63) is 35.0 Å². The number of aromatic amines is 1. The fourth-order valence-corrected chi connectivity index (χ4v) is 1.31. The Bertz CT molecular complexity index is 410. The molecule has 0 unspecified atom stereocenters. The van der Waals surface area contributed by atoms with Gasteiger partial charge in [0.2, 0.25) is 0 Å². The van der Waals surface area contributed by atoms with Gasteiger partial charge < -0.3 is 0 Å². The number of hydrogen-bond acceptors (Lipinski definition) is 2.